The molecule has 31 heavy (non-hydrogen) atoms. The van der Waals surface area contributed by atoms with Crippen LogP contribution in [0.2, 0.25) is 0 Å². The van der Waals surface area contributed by atoms with Gasteiger partial charge in [-0.25, -0.2) is 4.79 Å². The topological polar surface area (TPSA) is 113 Å². The number of aryl methyl sites for hydroxylation is 1. The molecule has 0 aliphatic heterocycles. The number of phenols is 2. The highest BCUT2D eigenvalue weighted by atomic mass is 16.5. The van der Waals surface area contributed by atoms with Crippen LogP contribution in [0.3, 0.4) is 0 Å². The highest BCUT2D eigenvalue weighted by molar-refractivity contribution is 6.10. The number of rotatable bonds is 6. The van der Waals surface area contributed by atoms with Crippen molar-refractivity contribution in [2.24, 2.45) is 0 Å². The van der Waals surface area contributed by atoms with Gasteiger partial charge >= 0.3 is 5.97 Å². The van der Waals surface area contributed by atoms with Crippen LogP contribution in [0.1, 0.15) is 27.1 Å². The number of ketones is 1. The van der Waals surface area contributed by atoms with Gasteiger partial charge in [-0.1, -0.05) is 42.5 Å². The summed E-state index contributed by atoms with van der Waals surface area (Å²) in [5.74, 6) is -1.82. The van der Waals surface area contributed by atoms with E-state index < -0.39 is 18.4 Å². The van der Waals surface area contributed by atoms with Gasteiger partial charge in [-0.15, -0.1) is 0 Å². The Morgan fingerprint density at radius 3 is 2.39 bits per heavy atom. The number of Topliss-reactive ketones (excluding diaryl/α,β-unsaturated/α-hetero) is 1. The maximum Gasteiger partial charge on any atom is 0.342 e. The second-order valence-electron chi connectivity index (χ2n) is 7.00. The third-order valence-electron chi connectivity index (χ3n) is 5.10. The summed E-state index contributed by atoms with van der Waals surface area (Å²) >= 11 is 0. The van der Waals surface area contributed by atoms with Crippen molar-refractivity contribution in [3.8, 4) is 17.6 Å². The summed E-state index contributed by atoms with van der Waals surface area (Å²) < 4.78 is 6.97. The number of para-hydroxylation sites is 1. The number of esters is 1. The highest BCUT2D eigenvalue weighted by Gasteiger charge is 2.21. The molecule has 0 spiro atoms. The number of ether oxygens (including phenoxy) is 1. The molecule has 1 aromatic heterocycles. The zero-order valence-corrected chi connectivity index (χ0v) is 16.4. The van der Waals surface area contributed by atoms with Crippen molar-refractivity contribution in [3.63, 3.8) is 0 Å². The molecule has 4 rings (SSSR count). The van der Waals surface area contributed by atoms with Crippen molar-refractivity contribution < 1.29 is 24.5 Å². The van der Waals surface area contributed by atoms with Crippen molar-refractivity contribution in [2.75, 3.05) is 6.61 Å². The maximum absolute atomic E-state index is 12.8. The van der Waals surface area contributed by atoms with Gasteiger partial charge in [0.05, 0.1) is 12.5 Å². The van der Waals surface area contributed by atoms with Gasteiger partial charge in [-0.2, -0.15) is 5.26 Å². The lowest BCUT2D eigenvalue weighted by molar-refractivity contribution is 0.0472. The molecule has 0 bridgehead atoms. The fourth-order valence-electron chi connectivity index (χ4n) is 3.61. The first-order valence-corrected chi connectivity index (χ1v) is 9.60. The van der Waals surface area contributed by atoms with Crippen LogP contribution in [0.15, 0.2) is 60.8 Å². The molecular weight excluding hydrogens is 396 g/mol. The molecule has 0 unspecified atom stereocenters. The zero-order chi connectivity index (χ0) is 22.0. The normalized spacial score (nSPS) is 10.8. The van der Waals surface area contributed by atoms with E-state index in [9.17, 15) is 19.8 Å². The van der Waals surface area contributed by atoms with Gasteiger partial charge in [0, 0.05) is 40.0 Å². The summed E-state index contributed by atoms with van der Waals surface area (Å²) in [4.78, 5) is 25.3. The van der Waals surface area contributed by atoms with Crippen LogP contribution in [-0.4, -0.2) is 33.1 Å². The van der Waals surface area contributed by atoms with E-state index in [-0.39, 0.29) is 17.1 Å². The molecule has 0 saturated heterocycles. The number of fused-ring (bicyclic) bond motifs is 2. The van der Waals surface area contributed by atoms with Crippen LogP contribution in [-0.2, 0) is 11.3 Å². The Morgan fingerprint density at radius 1 is 0.968 bits per heavy atom. The van der Waals surface area contributed by atoms with Crippen molar-refractivity contribution in [1.29, 1.82) is 5.26 Å². The lowest BCUT2D eigenvalue weighted by atomic mass is 10.0. The SMILES string of the molecule is N#CCCn1cc(C(=O)COC(=O)c2cc(O)c3ccccc3c2O)c2ccccc21. The van der Waals surface area contributed by atoms with Crippen molar-refractivity contribution in [3.05, 3.63) is 71.9 Å². The number of hydrogen-bond acceptors (Lipinski definition) is 6. The molecule has 0 aliphatic carbocycles. The number of aromatic nitrogens is 1. The lowest BCUT2D eigenvalue weighted by Gasteiger charge is -2.09. The second-order valence-corrected chi connectivity index (χ2v) is 7.00. The van der Waals surface area contributed by atoms with Crippen molar-refractivity contribution in [2.45, 2.75) is 13.0 Å². The summed E-state index contributed by atoms with van der Waals surface area (Å²) in [6.07, 6.45) is 1.95. The first-order valence-electron chi connectivity index (χ1n) is 9.60. The molecular formula is C24H18N2O5. The zero-order valence-electron chi connectivity index (χ0n) is 16.4. The number of aromatic hydroxyl groups is 2. The summed E-state index contributed by atoms with van der Waals surface area (Å²) in [6.45, 7) is -0.0908. The van der Waals surface area contributed by atoms with E-state index >= 15 is 0 Å². The molecule has 0 fully saturated rings. The van der Waals surface area contributed by atoms with E-state index in [0.29, 0.717) is 34.7 Å². The standard InChI is InChI=1S/C24H18N2O5/c25-10-5-11-26-13-19(15-6-3-4-9-20(15)26)22(28)14-31-24(30)18-12-21(27)16-7-1-2-8-17(16)23(18)29/h1-4,6-9,12-13,27,29H,5,11,14H2. The van der Waals surface area contributed by atoms with Gasteiger partial charge in [-0.05, 0) is 12.1 Å². The monoisotopic (exact) mass is 414 g/mol. The maximum atomic E-state index is 12.8. The van der Waals surface area contributed by atoms with E-state index in [0.717, 1.165) is 11.6 Å². The molecule has 0 radical (unpaired) electrons. The van der Waals surface area contributed by atoms with Gasteiger partial charge in [0.15, 0.2) is 6.61 Å². The number of nitriles is 1. The van der Waals surface area contributed by atoms with E-state index in [4.69, 9.17) is 10.00 Å². The Morgan fingerprint density at radius 2 is 1.65 bits per heavy atom. The number of carbonyl (C=O) groups is 2. The first kappa shape index (κ1) is 20.0. The number of benzene rings is 3. The fourth-order valence-corrected chi connectivity index (χ4v) is 3.61. The van der Waals surface area contributed by atoms with Crippen LogP contribution in [0, 0.1) is 11.3 Å². The van der Waals surface area contributed by atoms with Crippen LogP contribution in [0.25, 0.3) is 21.7 Å². The molecule has 154 valence electrons. The molecule has 1 heterocycles. The van der Waals surface area contributed by atoms with E-state index in [1.165, 1.54) is 0 Å². The summed E-state index contributed by atoms with van der Waals surface area (Å²) in [6, 6.07) is 17.0. The van der Waals surface area contributed by atoms with Gasteiger partial charge in [-0.3, -0.25) is 4.79 Å². The lowest BCUT2D eigenvalue weighted by Crippen LogP contribution is -2.14. The number of phenolic OH excluding ortho intramolecular Hbond substituents is 2. The van der Waals surface area contributed by atoms with E-state index in [1.807, 2.05) is 16.7 Å². The average Bonchev–Trinajstić information content (AvgIpc) is 3.17. The Balaban J connectivity index is 1.57. The number of carbonyl (C=O) groups excluding carboxylic acids is 2. The summed E-state index contributed by atoms with van der Waals surface area (Å²) in [5, 5.41) is 30.8. The first-order chi connectivity index (χ1) is 15.0. The van der Waals surface area contributed by atoms with Crippen molar-refractivity contribution >= 4 is 33.4 Å². The molecule has 0 saturated carbocycles. The Bertz CT molecular complexity index is 1360. The predicted molar refractivity (Wildman–Crippen MR) is 114 cm³/mol. The molecule has 0 atom stereocenters. The predicted octanol–water partition coefficient (Wildman–Crippen LogP) is 4.16. The minimum Gasteiger partial charge on any atom is -0.507 e. The van der Waals surface area contributed by atoms with Crippen LogP contribution in [0.4, 0.5) is 0 Å². The summed E-state index contributed by atoms with van der Waals surface area (Å²) in [7, 11) is 0. The Kier molecular flexibility index (Phi) is 5.29. The van der Waals surface area contributed by atoms with E-state index in [2.05, 4.69) is 6.07 Å². The molecule has 0 amide bonds. The van der Waals surface area contributed by atoms with Crippen LogP contribution < -0.4 is 0 Å². The largest absolute Gasteiger partial charge is 0.507 e. The number of nitrogens with zero attached hydrogens (tertiary/aromatic N) is 2. The van der Waals surface area contributed by atoms with Gasteiger partial charge < -0.3 is 19.5 Å². The minimum absolute atomic E-state index is 0.174. The third kappa shape index (κ3) is 3.67. The van der Waals surface area contributed by atoms with Gasteiger partial charge in [0.1, 0.15) is 17.1 Å². The quantitative estimate of drug-likeness (QED) is 0.278. The molecule has 0 aliphatic rings. The molecule has 2 N–H and O–H groups in total. The Labute approximate surface area is 177 Å². The third-order valence-corrected chi connectivity index (χ3v) is 5.10. The van der Waals surface area contributed by atoms with Gasteiger partial charge in [0.25, 0.3) is 0 Å². The highest BCUT2D eigenvalue weighted by Crippen LogP contribution is 2.35. The van der Waals surface area contributed by atoms with E-state index in [1.54, 1.807) is 42.6 Å². The molecule has 4 aromatic rings. The second kappa shape index (κ2) is 8.20. The number of hydrogen-bond donors (Lipinski definition) is 2. The van der Waals surface area contributed by atoms with Crippen molar-refractivity contribution in [1.82, 2.24) is 4.57 Å². The molecule has 7 nitrogen and oxygen atoms in total. The molecule has 7 heteroatoms. The average molecular weight is 414 g/mol. The van der Waals surface area contributed by atoms with Gasteiger partial charge in [0.2, 0.25) is 5.78 Å². The Hall–Kier alpha value is -4.31. The van der Waals surface area contributed by atoms with Crippen LogP contribution >= 0.6 is 0 Å². The molecule has 3 aromatic carbocycles. The minimum atomic E-state index is -0.917. The summed E-state index contributed by atoms with van der Waals surface area (Å²) in [5.41, 5.74) is 0.969. The fraction of sp³-hybridized carbons (Fsp3) is 0.125. The van der Waals surface area contributed by atoms with Crippen LogP contribution in [0.5, 0.6) is 11.5 Å². The smallest absolute Gasteiger partial charge is 0.342 e.